The molecule has 31 heavy (non-hydrogen) atoms. The second-order valence-electron chi connectivity index (χ2n) is 6.76. The van der Waals surface area contributed by atoms with Crippen LogP contribution in [-0.2, 0) is 36.7 Å². The zero-order valence-corrected chi connectivity index (χ0v) is 18.5. The van der Waals surface area contributed by atoms with Gasteiger partial charge in [0.2, 0.25) is 9.84 Å². The summed E-state index contributed by atoms with van der Waals surface area (Å²) in [6, 6.07) is 15.5. The van der Waals surface area contributed by atoms with E-state index in [0.717, 1.165) is 12.1 Å². The fourth-order valence-electron chi connectivity index (χ4n) is 3.46. The van der Waals surface area contributed by atoms with Crippen molar-refractivity contribution in [3.05, 3.63) is 72.3 Å². The van der Waals surface area contributed by atoms with Gasteiger partial charge in [-0.1, -0.05) is 31.2 Å². The molecule has 10 heteroatoms. The maximum atomic E-state index is 13.8. The standard InChI is InChI=1S/C21H16F3O4S3/c1-2-30(25,26)18-12-11-14(13-15(18)21(22,23)24)29-16-7-3-5-9-19(16)31(27,28)20-10-6-4-8-17(20)29/h3-13H,2H2,1H3/q+1. The summed E-state index contributed by atoms with van der Waals surface area (Å²) < 4.78 is 92.1. The summed E-state index contributed by atoms with van der Waals surface area (Å²) in [7, 11) is -9.10. The van der Waals surface area contributed by atoms with E-state index in [0.29, 0.717) is 9.79 Å². The minimum Gasteiger partial charge on any atom is -0.224 e. The Hall–Kier alpha value is -2.30. The van der Waals surface area contributed by atoms with Gasteiger partial charge in [-0.15, -0.1) is 0 Å². The van der Waals surface area contributed by atoms with Crippen LogP contribution in [0.5, 0.6) is 0 Å². The zero-order valence-electron chi connectivity index (χ0n) is 16.0. The molecular weight excluding hydrogens is 469 g/mol. The number of hydrogen-bond acceptors (Lipinski definition) is 4. The first-order valence-corrected chi connectivity index (χ1v) is 13.5. The lowest BCUT2D eigenvalue weighted by atomic mass is 10.2. The highest BCUT2D eigenvalue weighted by atomic mass is 32.2. The molecule has 0 saturated heterocycles. The molecule has 0 fully saturated rings. The predicted molar refractivity (Wildman–Crippen MR) is 110 cm³/mol. The zero-order chi connectivity index (χ0) is 22.6. The Kier molecular flexibility index (Phi) is 5.22. The number of rotatable bonds is 3. The number of halogens is 3. The molecule has 1 aliphatic heterocycles. The second-order valence-corrected chi connectivity index (χ2v) is 12.9. The molecule has 0 radical (unpaired) electrons. The Morgan fingerprint density at radius 2 is 1.39 bits per heavy atom. The van der Waals surface area contributed by atoms with Crippen LogP contribution in [0.2, 0.25) is 0 Å². The highest BCUT2D eigenvalue weighted by Crippen LogP contribution is 2.46. The number of fused-ring (bicyclic) bond motifs is 2. The smallest absolute Gasteiger partial charge is 0.224 e. The molecule has 0 N–H and O–H groups in total. The normalized spacial score (nSPS) is 15.9. The van der Waals surface area contributed by atoms with E-state index < -0.39 is 53.0 Å². The molecule has 4 rings (SSSR count). The number of benzene rings is 3. The second kappa shape index (κ2) is 7.39. The Balaban J connectivity index is 2.04. The highest BCUT2D eigenvalue weighted by molar-refractivity contribution is 8.00. The van der Waals surface area contributed by atoms with E-state index in [1.54, 1.807) is 36.4 Å². The lowest BCUT2D eigenvalue weighted by Gasteiger charge is -2.20. The molecule has 0 bridgehead atoms. The van der Waals surface area contributed by atoms with E-state index in [1.165, 1.54) is 25.1 Å². The van der Waals surface area contributed by atoms with Gasteiger partial charge in [-0.25, -0.2) is 16.8 Å². The van der Waals surface area contributed by atoms with Gasteiger partial charge >= 0.3 is 6.18 Å². The van der Waals surface area contributed by atoms with Crippen LogP contribution in [0.1, 0.15) is 12.5 Å². The van der Waals surface area contributed by atoms with Crippen LogP contribution in [0.3, 0.4) is 0 Å². The average Bonchev–Trinajstić information content (AvgIpc) is 2.73. The largest absolute Gasteiger partial charge is 0.417 e. The Morgan fingerprint density at radius 1 is 0.871 bits per heavy atom. The van der Waals surface area contributed by atoms with Crippen molar-refractivity contribution in [2.45, 2.75) is 42.5 Å². The number of hydrogen-bond donors (Lipinski definition) is 0. The lowest BCUT2D eigenvalue weighted by Crippen LogP contribution is -2.21. The Labute approximate surface area is 180 Å². The number of alkyl halides is 3. The van der Waals surface area contributed by atoms with Gasteiger partial charge in [0.25, 0.3) is 0 Å². The van der Waals surface area contributed by atoms with Gasteiger partial charge in [-0.3, -0.25) is 0 Å². The molecule has 0 aromatic heterocycles. The quantitative estimate of drug-likeness (QED) is 0.393. The van der Waals surface area contributed by atoms with Crippen LogP contribution < -0.4 is 0 Å². The van der Waals surface area contributed by atoms with Crippen molar-refractivity contribution >= 4 is 30.6 Å². The highest BCUT2D eigenvalue weighted by Gasteiger charge is 2.46. The van der Waals surface area contributed by atoms with E-state index in [4.69, 9.17) is 0 Å². The summed E-state index contributed by atoms with van der Waals surface area (Å²) in [5, 5.41) is 0. The summed E-state index contributed by atoms with van der Waals surface area (Å²) in [5.74, 6) is -0.467. The van der Waals surface area contributed by atoms with Crippen molar-refractivity contribution in [1.82, 2.24) is 0 Å². The molecule has 4 nitrogen and oxygen atoms in total. The summed E-state index contributed by atoms with van der Waals surface area (Å²) in [4.78, 5) is 0.241. The maximum Gasteiger partial charge on any atom is 0.417 e. The molecule has 162 valence electrons. The molecule has 0 atom stereocenters. The molecule has 3 aromatic carbocycles. The van der Waals surface area contributed by atoms with Gasteiger partial charge in [-0.05, 0) is 36.4 Å². The van der Waals surface area contributed by atoms with Crippen LogP contribution in [0.4, 0.5) is 13.2 Å². The fraction of sp³-hybridized carbons (Fsp3) is 0.143. The third-order valence-electron chi connectivity index (χ3n) is 4.92. The van der Waals surface area contributed by atoms with E-state index in [-0.39, 0.29) is 14.7 Å². The first-order valence-electron chi connectivity index (χ1n) is 9.10. The summed E-state index contributed by atoms with van der Waals surface area (Å²) >= 11 is 0. The van der Waals surface area contributed by atoms with E-state index in [9.17, 15) is 30.0 Å². The number of sulfone groups is 2. The Morgan fingerprint density at radius 3 is 1.87 bits per heavy atom. The molecule has 0 aliphatic carbocycles. The maximum absolute atomic E-state index is 13.8. The fourth-order valence-corrected chi connectivity index (χ4v) is 9.28. The van der Waals surface area contributed by atoms with Gasteiger partial charge < -0.3 is 0 Å². The topological polar surface area (TPSA) is 68.3 Å². The van der Waals surface area contributed by atoms with Crippen LogP contribution in [0, 0.1) is 0 Å². The van der Waals surface area contributed by atoms with Gasteiger partial charge in [0, 0.05) is 6.07 Å². The molecule has 1 heterocycles. The molecule has 1 aliphatic rings. The van der Waals surface area contributed by atoms with E-state index in [1.807, 2.05) is 0 Å². The average molecular weight is 486 g/mol. The molecular formula is C21H16F3O4S3+. The van der Waals surface area contributed by atoms with Crippen molar-refractivity contribution in [1.29, 1.82) is 0 Å². The molecule has 0 unspecified atom stereocenters. The van der Waals surface area contributed by atoms with E-state index >= 15 is 0 Å². The van der Waals surface area contributed by atoms with Crippen LogP contribution in [0.25, 0.3) is 0 Å². The van der Waals surface area contributed by atoms with Crippen LogP contribution in [0.15, 0.2) is 96.1 Å². The summed E-state index contributed by atoms with van der Waals surface area (Å²) in [5.41, 5.74) is -1.25. The van der Waals surface area contributed by atoms with Gasteiger partial charge in [0.1, 0.15) is 20.7 Å². The minimum atomic E-state index is -4.89. The Bertz CT molecular complexity index is 1340. The van der Waals surface area contributed by atoms with Crippen LogP contribution >= 0.6 is 0 Å². The molecule has 0 spiro atoms. The predicted octanol–water partition coefficient (Wildman–Crippen LogP) is 4.74. The van der Waals surface area contributed by atoms with Gasteiger partial charge in [-0.2, -0.15) is 13.2 Å². The first kappa shape index (κ1) is 21.9. The van der Waals surface area contributed by atoms with E-state index in [2.05, 4.69) is 0 Å². The summed E-state index contributed by atoms with van der Waals surface area (Å²) in [6.45, 7) is 1.28. The summed E-state index contributed by atoms with van der Waals surface area (Å²) in [6.07, 6.45) is -4.89. The van der Waals surface area contributed by atoms with Crippen molar-refractivity contribution in [2.24, 2.45) is 0 Å². The molecule has 0 saturated carbocycles. The van der Waals surface area contributed by atoms with Crippen LogP contribution in [-0.4, -0.2) is 22.6 Å². The van der Waals surface area contributed by atoms with Gasteiger partial charge in [0.15, 0.2) is 24.5 Å². The van der Waals surface area contributed by atoms with Gasteiger partial charge in [0.05, 0.1) is 16.2 Å². The lowest BCUT2D eigenvalue weighted by molar-refractivity contribution is -0.140. The molecule has 0 amide bonds. The third kappa shape index (κ3) is 3.56. The third-order valence-corrected chi connectivity index (χ3v) is 11.2. The van der Waals surface area contributed by atoms with Crippen molar-refractivity contribution in [3.8, 4) is 0 Å². The molecule has 3 aromatic rings. The minimum absolute atomic E-state index is 0.0378. The SMILES string of the molecule is CCS(=O)(=O)c1ccc([S+]2c3ccccc3S(=O)(=O)c3ccccc32)cc1C(F)(F)F. The van der Waals surface area contributed by atoms with Crippen molar-refractivity contribution in [2.75, 3.05) is 5.75 Å². The van der Waals surface area contributed by atoms with Crippen molar-refractivity contribution in [3.63, 3.8) is 0 Å². The van der Waals surface area contributed by atoms with Crippen molar-refractivity contribution < 1.29 is 30.0 Å². The first-order chi connectivity index (χ1) is 14.5. The monoisotopic (exact) mass is 485 g/mol.